The van der Waals surface area contributed by atoms with Gasteiger partial charge in [0.2, 0.25) is 11.0 Å². The van der Waals surface area contributed by atoms with Gasteiger partial charge < -0.3 is 19.0 Å². The highest BCUT2D eigenvalue weighted by Gasteiger charge is 2.69. The van der Waals surface area contributed by atoms with E-state index in [9.17, 15) is 18.2 Å². The van der Waals surface area contributed by atoms with Crippen molar-refractivity contribution in [2.45, 2.75) is 31.7 Å². The fraction of sp³-hybridized carbons (Fsp3) is 0.292. The molecule has 0 amide bonds. The van der Waals surface area contributed by atoms with Crippen LogP contribution in [0.25, 0.3) is 17.2 Å². The zero-order valence-corrected chi connectivity index (χ0v) is 23.1. The Morgan fingerprint density at radius 2 is 2.03 bits per heavy atom. The number of halogens is 2. The van der Waals surface area contributed by atoms with Gasteiger partial charge in [0.05, 0.1) is 6.08 Å². The number of aromatic nitrogens is 1. The first-order chi connectivity index (χ1) is 18.2. The summed E-state index contributed by atoms with van der Waals surface area (Å²) in [6.45, 7) is 2.54. The van der Waals surface area contributed by atoms with Crippen molar-refractivity contribution in [3.05, 3.63) is 69.9 Å². The maximum atomic E-state index is 12.0. The number of ether oxygens (including phenoxy) is 1. The number of fused-ring (bicyclic) bond motifs is 3. The van der Waals surface area contributed by atoms with Crippen molar-refractivity contribution in [2.24, 2.45) is 0 Å². The first-order valence-corrected chi connectivity index (χ1v) is 14.7. The Kier molecular flexibility index (Phi) is 7.80. The number of hydrogen-bond acceptors (Lipinski definition) is 9. The van der Waals surface area contributed by atoms with E-state index in [4.69, 9.17) is 32.4 Å². The average molecular weight is 601 g/mol. The maximum Gasteiger partial charge on any atom is 0.374 e. The zero-order valence-electron chi connectivity index (χ0n) is 20.0. The second-order valence-electron chi connectivity index (χ2n) is 8.78. The topological polar surface area (TPSA) is 125 Å². The third kappa shape index (κ3) is 5.20. The summed E-state index contributed by atoms with van der Waals surface area (Å²) in [5, 5.41) is 13.2. The summed E-state index contributed by atoms with van der Waals surface area (Å²) in [6, 6.07) is 10.3. The molecule has 2 atom stereocenters. The minimum absolute atomic E-state index is 0.0674. The van der Waals surface area contributed by atoms with Crippen LogP contribution in [0.2, 0.25) is 10.0 Å². The third-order valence-electron chi connectivity index (χ3n) is 6.50. The Hall–Kier alpha value is -2.13. The molecule has 3 heterocycles. The lowest BCUT2D eigenvalue weighted by Gasteiger charge is -2.14. The van der Waals surface area contributed by atoms with E-state index in [-0.39, 0.29) is 11.0 Å². The van der Waals surface area contributed by atoms with Gasteiger partial charge in [-0.25, -0.2) is 8.42 Å². The van der Waals surface area contributed by atoms with Crippen molar-refractivity contribution in [1.29, 1.82) is 0 Å². The molecule has 0 N–H and O–H groups in total. The van der Waals surface area contributed by atoms with Crippen molar-refractivity contribution in [3.8, 4) is 5.75 Å². The number of quaternary nitrogens is 1. The normalized spacial score (nSPS) is 21.9. The smallest absolute Gasteiger partial charge is 0.374 e. The van der Waals surface area contributed by atoms with Crippen molar-refractivity contribution in [1.82, 2.24) is 4.48 Å². The third-order valence-corrected chi connectivity index (χ3v) is 8.75. The highest BCUT2D eigenvalue weighted by atomic mass is 35.5. The quantitative estimate of drug-likeness (QED) is 0.0491. The minimum atomic E-state index is -4.59. The number of nitrogens with zero attached hydrogens (tertiary/aromatic N) is 2. The summed E-state index contributed by atoms with van der Waals surface area (Å²) in [5.41, 5.74) is 2.73. The predicted octanol–water partition coefficient (Wildman–Crippen LogP) is 4.21. The summed E-state index contributed by atoms with van der Waals surface area (Å²) in [5.74, 6) is 1.82. The van der Waals surface area contributed by atoms with E-state index < -0.39 is 15.5 Å². The molecule has 38 heavy (non-hydrogen) atoms. The predicted molar refractivity (Wildman–Crippen MR) is 139 cm³/mol. The van der Waals surface area contributed by atoms with E-state index >= 15 is 0 Å². The van der Waals surface area contributed by atoms with Crippen LogP contribution in [-0.4, -0.2) is 30.6 Å². The fourth-order valence-corrected chi connectivity index (χ4v) is 6.42. The van der Waals surface area contributed by atoms with E-state index in [0.717, 1.165) is 23.1 Å². The molecule has 0 saturated carbocycles. The molecule has 5 rings (SSSR count). The van der Waals surface area contributed by atoms with Crippen LogP contribution in [0.3, 0.4) is 0 Å². The average Bonchev–Trinajstić information content (AvgIpc) is 3.48. The first kappa shape index (κ1) is 27.4. The minimum Gasteiger partial charge on any atom is -0.743 e. The fourth-order valence-electron chi connectivity index (χ4n) is 4.65. The van der Waals surface area contributed by atoms with E-state index in [1.165, 1.54) is 0 Å². The van der Waals surface area contributed by atoms with Gasteiger partial charge in [-0.1, -0.05) is 30.1 Å². The molecule has 10 nitrogen and oxygen atoms in total. The van der Waals surface area contributed by atoms with Crippen LogP contribution in [0.4, 0.5) is 5.69 Å². The zero-order chi connectivity index (χ0) is 27.1. The maximum absolute atomic E-state index is 12.0. The second-order valence-corrected chi connectivity index (χ2v) is 12.0. The molecule has 1 spiro atoms. The van der Waals surface area contributed by atoms with E-state index in [0.29, 0.717) is 64.0 Å². The van der Waals surface area contributed by atoms with Crippen molar-refractivity contribution < 1.29 is 41.3 Å². The summed E-state index contributed by atoms with van der Waals surface area (Å²) in [4.78, 5) is 0. The Labute approximate surface area is 233 Å². The molecule has 1 fully saturated rings. The summed E-state index contributed by atoms with van der Waals surface area (Å²) >= 11 is 13.3. The van der Waals surface area contributed by atoms with Gasteiger partial charge in [-0.05, 0) is 36.3 Å². The van der Waals surface area contributed by atoms with Gasteiger partial charge in [0.25, 0.3) is 5.52 Å². The van der Waals surface area contributed by atoms with Gasteiger partial charge in [0.15, 0.2) is 34.6 Å². The Morgan fingerprint density at radius 3 is 2.74 bits per heavy atom. The Morgan fingerprint density at radius 1 is 1.26 bits per heavy atom. The number of oxazole rings is 1. The summed E-state index contributed by atoms with van der Waals surface area (Å²) in [7, 11) is -4.59. The Bertz CT molecular complexity index is 1560. The molecule has 0 aliphatic carbocycles. The second kappa shape index (κ2) is 10.8. The lowest BCUT2D eigenvalue weighted by Crippen LogP contribution is -2.35. The number of aryl methyl sites for hydroxylation is 1. The van der Waals surface area contributed by atoms with Crippen LogP contribution in [0, 0.1) is 0 Å². The lowest BCUT2D eigenvalue weighted by atomic mass is 10.2. The molecule has 0 radical (unpaired) electrons. The molecule has 2 aliphatic rings. The first-order valence-electron chi connectivity index (χ1n) is 11.6. The molecule has 202 valence electrons. The monoisotopic (exact) mass is 600 g/mol. The van der Waals surface area contributed by atoms with Gasteiger partial charge in [0, 0.05) is 52.5 Å². The largest absolute Gasteiger partial charge is 0.743 e. The summed E-state index contributed by atoms with van der Waals surface area (Å²) < 4.78 is 54.3. The van der Waals surface area contributed by atoms with Crippen molar-refractivity contribution >= 4 is 68.2 Å². The van der Waals surface area contributed by atoms with E-state index in [1.54, 1.807) is 42.5 Å². The molecule has 2 aromatic carbocycles. The van der Waals surface area contributed by atoms with Gasteiger partial charge in [-0.15, -0.1) is 0 Å². The molecular weight excluding hydrogens is 579 g/mol. The number of benzene rings is 2. The van der Waals surface area contributed by atoms with Gasteiger partial charge in [-0.3, -0.25) is 5.04 Å². The molecule has 3 aromatic rings. The number of hydrogen-bond donors (Lipinski definition) is 0. The molecule has 0 bridgehead atoms. The molecule has 2 aliphatic heterocycles. The van der Waals surface area contributed by atoms with Crippen molar-refractivity contribution in [3.63, 3.8) is 0 Å². The number of rotatable bonds is 10. The highest BCUT2D eigenvalue weighted by Crippen LogP contribution is 2.56. The highest BCUT2D eigenvalue weighted by molar-refractivity contribution is 7.94. The van der Waals surface area contributed by atoms with Crippen LogP contribution in [-0.2, 0) is 26.0 Å². The van der Waals surface area contributed by atoms with Crippen LogP contribution < -0.4 is 19.0 Å². The van der Waals surface area contributed by atoms with Crippen LogP contribution in [0.1, 0.15) is 25.7 Å². The Balaban J connectivity index is 1.54. The lowest BCUT2D eigenvalue weighted by molar-refractivity contribution is -0.777. The molecular formula is C24H22Cl2N2O8S2. The van der Waals surface area contributed by atoms with Crippen LogP contribution in [0.5, 0.6) is 5.75 Å². The SMILES string of the molecule is CCC(/C=C1\Oc2ccc(Cl)cc2[N+]12CC2S(=O)(=O)[O-])=C\c1oc2ccc(Cl)cc2[n+]1CCCSOO[O-]. The van der Waals surface area contributed by atoms with Gasteiger partial charge in [-0.2, -0.15) is 13.4 Å². The molecule has 1 saturated heterocycles. The molecule has 1 aromatic heterocycles. The van der Waals surface area contributed by atoms with Crippen molar-refractivity contribution in [2.75, 3.05) is 12.3 Å². The van der Waals surface area contributed by atoms with Gasteiger partial charge >= 0.3 is 11.8 Å². The molecule has 14 heteroatoms. The standard InChI is InChI=1S/C24H22Cl2N2O8S2/c1-2-15(10-22-27(8-3-9-37-36-35-29)18-12-16(25)4-6-20(18)33-22)11-23-28(14-24(28)38(30,31)32)19-13-17(26)5-7-21(19)34-23/h4-7,10-13,24H,2-3,8-9,14H2,1H3/b15-10+,23-11-. The van der Waals surface area contributed by atoms with Crippen LogP contribution in [0.15, 0.2) is 58.3 Å². The van der Waals surface area contributed by atoms with E-state index in [2.05, 4.69) is 9.37 Å². The summed E-state index contributed by atoms with van der Waals surface area (Å²) in [6.07, 6.45) is 4.77. The van der Waals surface area contributed by atoms with E-state index in [1.807, 2.05) is 17.6 Å². The van der Waals surface area contributed by atoms with Gasteiger partial charge in [0.1, 0.15) is 0 Å². The van der Waals surface area contributed by atoms with Crippen LogP contribution >= 0.6 is 35.2 Å². The molecule has 2 unspecified atom stereocenters. The number of allylic oxidation sites excluding steroid dienone is 2.